The average molecular weight is 370 g/mol. The summed E-state index contributed by atoms with van der Waals surface area (Å²) in [5.74, 6) is 3.41. The van der Waals surface area contributed by atoms with Gasteiger partial charge in [-0.15, -0.1) is 15.3 Å². The van der Waals surface area contributed by atoms with Gasteiger partial charge in [0.25, 0.3) is 0 Å². The van der Waals surface area contributed by atoms with Gasteiger partial charge >= 0.3 is 0 Å². The molecule has 8 nitrogen and oxygen atoms in total. The van der Waals surface area contributed by atoms with E-state index in [9.17, 15) is 0 Å². The Morgan fingerprint density at radius 3 is 2.62 bits per heavy atom. The minimum atomic E-state index is 0.521. The van der Waals surface area contributed by atoms with Gasteiger partial charge in [0.2, 0.25) is 5.13 Å². The molecule has 9 heteroatoms. The lowest BCUT2D eigenvalue weighted by Crippen LogP contribution is -2.31. The molecule has 0 bridgehead atoms. The first-order valence-electron chi connectivity index (χ1n) is 9.30. The van der Waals surface area contributed by atoms with Crippen LogP contribution < -0.4 is 9.80 Å². The summed E-state index contributed by atoms with van der Waals surface area (Å²) in [6.45, 7) is 5.81. The SMILES string of the molecule is Cc1nsc(N2CCCN(c3ccc4nnc(C5CCC5)n4n3)CC2)n1. The number of hydrogen-bond acceptors (Lipinski definition) is 8. The molecule has 3 aromatic rings. The number of anilines is 2. The highest BCUT2D eigenvalue weighted by Crippen LogP contribution is 2.35. The fourth-order valence-electron chi connectivity index (χ4n) is 3.64. The van der Waals surface area contributed by atoms with Crippen molar-refractivity contribution in [2.75, 3.05) is 36.0 Å². The second kappa shape index (κ2) is 6.46. The lowest BCUT2D eigenvalue weighted by atomic mass is 9.85. The molecule has 0 spiro atoms. The van der Waals surface area contributed by atoms with Crippen LogP contribution in [0.25, 0.3) is 5.65 Å². The predicted molar refractivity (Wildman–Crippen MR) is 101 cm³/mol. The van der Waals surface area contributed by atoms with E-state index in [0.29, 0.717) is 5.92 Å². The van der Waals surface area contributed by atoms with Gasteiger partial charge in [-0.05, 0) is 38.3 Å². The third-order valence-electron chi connectivity index (χ3n) is 5.35. The van der Waals surface area contributed by atoms with Gasteiger partial charge in [-0.1, -0.05) is 6.42 Å². The molecule has 5 rings (SSSR count). The molecule has 4 heterocycles. The van der Waals surface area contributed by atoms with Crippen molar-refractivity contribution >= 4 is 28.1 Å². The summed E-state index contributed by atoms with van der Waals surface area (Å²) in [5, 5.41) is 14.6. The number of aromatic nitrogens is 6. The number of aryl methyl sites for hydroxylation is 1. The van der Waals surface area contributed by atoms with Gasteiger partial charge in [0, 0.05) is 43.6 Å². The van der Waals surface area contributed by atoms with Crippen LogP contribution in [0.1, 0.15) is 43.3 Å². The summed E-state index contributed by atoms with van der Waals surface area (Å²) in [6, 6.07) is 4.10. The van der Waals surface area contributed by atoms with Gasteiger partial charge in [0.05, 0.1) is 0 Å². The van der Waals surface area contributed by atoms with Crippen molar-refractivity contribution in [2.24, 2.45) is 0 Å². The number of rotatable bonds is 3. The van der Waals surface area contributed by atoms with Gasteiger partial charge in [0.15, 0.2) is 11.5 Å². The topological polar surface area (TPSA) is 75.3 Å². The number of hydrogen-bond donors (Lipinski definition) is 0. The van der Waals surface area contributed by atoms with Gasteiger partial charge in [-0.25, -0.2) is 4.98 Å². The van der Waals surface area contributed by atoms with Crippen LogP contribution in [0.5, 0.6) is 0 Å². The Bertz CT molecular complexity index is 915. The number of fused-ring (bicyclic) bond motifs is 1. The molecule has 1 aliphatic carbocycles. The van der Waals surface area contributed by atoms with Crippen LogP contribution in [-0.2, 0) is 0 Å². The molecule has 0 N–H and O–H groups in total. The standard InChI is InChI=1S/C17H22N8S/c1-12-18-17(26-22-12)24-9-3-8-23(10-11-24)15-7-6-14-19-20-16(25(14)21-15)13-4-2-5-13/h6-7,13H,2-5,8-11H2,1H3. The van der Waals surface area contributed by atoms with Crippen molar-refractivity contribution < 1.29 is 0 Å². The molecule has 1 saturated carbocycles. The molecule has 1 saturated heterocycles. The Balaban J connectivity index is 1.37. The summed E-state index contributed by atoms with van der Waals surface area (Å²) >= 11 is 1.49. The lowest BCUT2D eigenvalue weighted by molar-refractivity contribution is 0.395. The second-order valence-electron chi connectivity index (χ2n) is 7.10. The Labute approximate surface area is 156 Å². The first-order valence-corrected chi connectivity index (χ1v) is 10.1. The van der Waals surface area contributed by atoms with E-state index in [1.807, 2.05) is 17.5 Å². The van der Waals surface area contributed by atoms with Crippen molar-refractivity contribution in [1.29, 1.82) is 0 Å². The molecule has 0 atom stereocenters. The molecule has 2 fully saturated rings. The molecule has 26 heavy (non-hydrogen) atoms. The van der Waals surface area contributed by atoms with Crippen LogP contribution in [0.3, 0.4) is 0 Å². The largest absolute Gasteiger partial charge is 0.353 e. The van der Waals surface area contributed by atoms with Crippen LogP contribution in [0, 0.1) is 6.92 Å². The van der Waals surface area contributed by atoms with Crippen molar-refractivity contribution in [3.05, 3.63) is 23.8 Å². The molecule has 0 radical (unpaired) electrons. The molecule has 0 unspecified atom stereocenters. The van der Waals surface area contributed by atoms with Crippen molar-refractivity contribution in [3.8, 4) is 0 Å². The lowest BCUT2D eigenvalue weighted by Gasteiger charge is -2.24. The van der Waals surface area contributed by atoms with Crippen LogP contribution >= 0.6 is 11.5 Å². The van der Waals surface area contributed by atoms with E-state index in [2.05, 4.69) is 35.4 Å². The zero-order valence-corrected chi connectivity index (χ0v) is 15.7. The summed E-state index contributed by atoms with van der Waals surface area (Å²) < 4.78 is 6.27. The Morgan fingerprint density at radius 2 is 1.85 bits per heavy atom. The van der Waals surface area contributed by atoms with E-state index in [0.717, 1.165) is 60.8 Å². The second-order valence-corrected chi connectivity index (χ2v) is 7.83. The van der Waals surface area contributed by atoms with Gasteiger partial charge in [-0.3, -0.25) is 0 Å². The van der Waals surface area contributed by atoms with Crippen LogP contribution in [-0.4, -0.2) is 55.3 Å². The maximum absolute atomic E-state index is 4.88. The number of nitrogens with zero attached hydrogens (tertiary/aromatic N) is 8. The fraction of sp³-hybridized carbons (Fsp3) is 0.588. The van der Waals surface area contributed by atoms with Crippen molar-refractivity contribution in [3.63, 3.8) is 0 Å². The first kappa shape index (κ1) is 15.9. The summed E-state index contributed by atoms with van der Waals surface area (Å²) in [7, 11) is 0. The Morgan fingerprint density at radius 1 is 1.00 bits per heavy atom. The van der Waals surface area contributed by atoms with Gasteiger partial charge in [0.1, 0.15) is 11.6 Å². The molecule has 0 amide bonds. The van der Waals surface area contributed by atoms with Crippen molar-refractivity contribution in [2.45, 2.75) is 38.5 Å². The average Bonchev–Trinajstić information content (AvgIpc) is 3.12. The summed E-state index contributed by atoms with van der Waals surface area (Å²) in [6.07, 6.45) is 4.77. The quantitative estimate of drug-likeness (QED) is 0.700. The minimum Gasteiger partial charge on any atom is -0.353 e. The third kappa shape index (κ3) is 2.80. The maximum Gasteiger partial charge on any atom is 0.205 e. The van der Waals surface area contributed by atoms with E-state index in [4.69, 9.17) is 5.10 Å². The van der Waals surface area contributed by atoms with Gasteiger partial charge in [-0.2, -0.15) is 8.89 Å². The highest BCUT2D eigenvalue weighted by Gasteiger charge is 2.26. The highest BCUT2D eigenvalue weighted by molar-refractivity contribution is 7.09. The fourth-order valence-corrected chi connectivity index (χ4v) is 4.36. The molecule has 2 aliphatic rings. The molecule has 136 valence electrons. The van der Waals surface area contributed by atoms with E-state index in [-0.39, 0.29) is 0 Å². The summed E-state index contributed by atoms with van der Waals surface area (Å²) in [5.41, 5.74) is 0.844. The van der Waals surface area contributed by atoms with E-state index in [1.165, 1.54) is 30.8 Å². The van der Waals surface area contributed by atoms with Gasteiger partial charge < -0.3 is 9.80 Å². The van der Waals surface area contributed by atoms with Crippen LogP contribution in [0.2, 0.25) is 0 Å². The Hall–Kier alpha value is -2.29. The third-order valence-corrected chi connectivity index (χ3v) is 6.22. The molecular formula is C17H22N8S. The van der Waals surface area contributed by atoms with E-state index >= 15 is 0 Å². The molecular weight excluding hydrogens is 348 g/mol. The Kier molecular flexibility index (Phi) is 3.96. The minimum absolute atomic E-state index is 0.521. The van der Waals surface area contributed by atoms with Crippen molar-refractivity contribution in [1.82, 2.24) is 29.2 Å². The zero-order valence-electron chi connectivity index (χ0n) is 14.9. The monoisotopic (exact) mass is 370 g/mol. The maximum atomic E-state index is 4.88. The zero-order chi connectivity index (χ0) is 17.5. The molecule has 0 aromatic carbocycles. The smallest absolute Gasteiger partial charge is 0.205 e. The first-order chi connectivity index (χ1) is 12.8. The van der Waals surface area contributed by atoms with Crippen LogP contribution in [0.4, 0.5) is 10.9 Å². The van der Waals surface area contributed by atoms with E-state index in [1.54, 1.807) is 0 Å². The highest BCUT2D eigenvalue weighted by atomic mass is 32.1. The normalized spacial score (nSPS) is 19.0. The molecule has 1 aliphatic heterocycles. The molecule has 3 aromatic heterocycles. The van der Waals surface area contributed by atoms with Crippen LogP contribution in [0.15, 0.2) is 12.1 Å². The summed E-state index contributed by atoms with van der Waals surface area (Å²) in [4.78, 5) is 9.23. The predicted octanol–water partition coefficient (Wildman–Crippen LogP) is 2.27. The van der Waals surface area contributed by atoms with E-state index < -0.39 is 0 Å².